The molecule has 1 unspecified atom stereocenters. The van der Waals surface area contributed by atoms with Crippen LogP contribution in [0.15, 0.2) is 4.52 Å². The van der Waals surface area contributed by atoms with Crippen molar-refractivity contribution in [2.24, 2.45) is 5.92 Å². The second kappa shape index (κ2) is 7.45. The van der Waals surface area contributed by atoms with Crippen LogP contribution < -0.4 is 5.32 Å². The van der Waals surface area contributed by atoms with Crippen LogP contribution in [-0.2, 0) is 22.5 Å². The average molecular weight is 255 g/mol. The Labute approximate surface area is 107 Å². The Morgan fingerprint density at radius 1 is 1.44 bits per heavy atom. The Bertz CT molecular complexity index is 337. The third-order valence-electron chi connectivity index (χ3n) is 3.04. The lowest BCUT2D eigenvalue weighted by molar-refractivity contribution is 0.0494. The van der Waals surface area contributed by atoms with Crippen LogP contribution in [0.3, 0.4) is 0 Å². The fourth-order valence-corrected chi connectivity index (χ4v) is 2.09. The summed E-state index contributed by atoms with van der Waals surface area (Å²) < 4.78 is 15.4. The lowest BCUT2D eigenvalue weighted by Crippen LogP contribution is -2.31. The van der Waals surface area contributed by atoms with E-state index in [0.29, 0.717) is 31.6 Å². The van der Waals surface area contributed by atoms with Crippen molar-refractivity contribution >= 4 is 0 Å². The van der Waals surface area contributed by atoms with Gasteiger partial charge in [-0.25, -0.2) is 0 Å². The Balaban J connectivity index is 1.71. The van der Waals surface area contributed by atoms with Gasteiger partial charge in [0.15, 0.2) is 5.82 Å². The number of hydrogen-bond donors (Lipinski definition) is 1. The van der Waals surface area contributed by atoms with E-state index in [-0.39, 0.29) is 0 Å². The molecule has 0 radical (unpaired) electrons. The summed E-state index contributed by atoms with van der Waals surface area (Å²) in [5.41, 5.74) is 0. The first-order valence-corrected chi connectivity index (χ1v) is 6.47. The summed E-state index contributed by atoms with van der Waals surface area (Å²) in [4.78, 5) is 4.33. The van der Waals surface area contributed by atoms with Crippen molar-refractivity contribution < 1.29 is 14.0 Å². The fourth-order valence-electron chi connectivity index (χ4n) is 2.09. The summed E-state index contributed by atoms with van der Waals surface area (Å²) in [6.07, 6.45) is 3.35. The number of ether oxygens (including phenoxy) is 2. The highest BCUT2D eigenvalue weighted by molar-refractivity contribution is 4.88. The summed E-state index contributed by atoms with van der Waals surface area (Å²) in [5.74, 6) is 1.96. The van der Waals surface area contributed by atoms with Crippen LogP contribution in [0.2, 0.25) is 0 Å². The van der Waals surface area contributed by atoms with Crippen LogP contribution in [-0.4, -0.2) is 43.6 Å². The molecule has 6 heteroatoms. The Morgan fingerprint density at radius 3 is 3.17 bits per heavy atom. The number of piperidine rings is 1. The zero-order valence-electron chi connectivity index (χ0n) is 10.9. The van der Waals surface area contributed by atoms with E-state index in [1.165, 1.54) is 12.8 Å². The van der Waals surface area contributed by atoms with Crippen molar-refractivity contribution in [3.05, 3.63) is 11.7 Å². The quantitative estimate of drug-likeness (QED) is 0.726. The molecule has 1 N–H and O–H groups in total. The second-order valence-electron chi connectivity index (χ2n) is 4.57. The molecule has 1 aromatic heterocycles. The molecule has 0 spiro atoms. The minimum absolute atomic E-state index is 0.360. The van der Waals surface area contributed by atoms with E-state index in [2.05, 4.69) is 15.5 Å². The van der Waals surface area contributed by atoms with E-state index in [1.807, 2.05) is 0 Å². The number of methoxy groups -OCH3 is 1. The molecule has 18 heavy (non-hydrogen) atoms. The fraction of sp³-hybridized carbons (Fsp3) is 0.833. The Morgan fingerprint density at radius 2 is 2.39 bits per heavy atom. The molecule has 1 aromatic rings. The lowest BCUT2D eigenvalue weighted by atomic mass is 9.96. The van der Waals surface area contributed by atoms with Gasteiger partial charge in [0, 0.05) is 13.5 Å². The summed E-state index contributed by atoms with van der Waals surface area (Å²) in [6.45, 7) is 3.66. The van der Waals surface area contributed by atoms with Gasteiger partial charge in [-0.1, -0.05) is 5.16 Å². The predicted octanol–water partition coefficient (Wildman–Crippen LogP) is 0.775. The van der Waals surface area contributed by atoms with Crippen molar-refractivity contribution in [1.82, 2.24) is 15.5 Å². The second-order valence-corrected chi connectivity index (χ2v) is 4.57. The van der Waals surface area contributed by atoms with Gasteiger partial charge in [-0.3, -0.25) is 0 Å². The number of nitrogens with zero attached hydrogens (tertiary/aromatic N) is 2. The highest BCUT2D eigenvalue weighted by Gasteiger charge is 2.16. The maximum atomic E-state index is 5.33. The molecule has 1 atom stereocenters. The maximum Gasteiger partial charge on any atom is 0.252 e. The van der Waals surface area contributed by atoms with E-state index in [0.717, 1.165) is 25.3 Å². The monoisotopic (exact) mass is 255 g/mol. The number of aromatic nitrogens is 2. The number of nitrogens with one attached hydrogen (secondary N) is 1. The van der Waals surface area contributed by atoms with E-state index >= 15 is 0 Å². The summed E-state index contributed by atoms with van der Waals surface area (Å²) in [6, 6.07) is 0. The zero-order chi connectivity index (χ0) is 12.6. The van der Waals surface area contributed by atoms with Crippen molar-refractivity contribution in [1.29, 1.82) is 0 Å². The van der Waals surface area contributed by atoms with Gasteiger partial charge < -0.3 is 19.3 Å². The van der Waals surface area contributed by atoms with Gasteiger partial charge in [-0.05, 0) is 31.8 Å². The number of hydrogen-bond acceptors (Lipinski definition) is 6. The van der Waals surface area contributed by atoms with E-state index in [4.69, 9.17) is 14.0 Å². The zero-order valence-corrected chi connectivity index (χ0v) is 10.9. The molecule has 0 aromatic carbocycles. The smallest absolute Gasteiger partial charge is 0.252 e. The van der Waals surface area contributed by atoms with Crippen LogP contribution in [0.5, 0.6) is 0 Å². The maximum absolute atomic E-state index is 5.33. The average Bonchev–Trinajstić information content (AvgIpc) is 2.84. The molecule has 1 aliphatic rings. The van der Waals surface area contributed by atoms with Crippen molar-refractivity contribution in [3.8, 4) is 0 Å². The van der Waals surface area contributed by atoms with Crippen LogP contribution >= 0.6 is 0 Å². The highest BCUT2D eigenvalue weighted by atomic mass is 16.5. The standard InChI is InChI=1S/C12H21N3O3/c1-16-5-6-17-9-12-14-11(15-18-12)7-10-3-2-4-13-8-10/h10,13H,2-9H2,1H3. The summed E-state index contributed by atoms with van der Waals surface area (Å²) >= 11 is 0. The van der Waals surface area contributed by atoms with Crippen molar-refractivity contribution in [2.75, 3.05) is 33.4 Å². The van der Waals surface area contributed by atoms with Gasteiger partial charge in [0.25, 0.3) is 5.89 Å². The Kier molecular flexibility index (Phi) is 5.57. The van der Waals surface area contributed by atoms with Gasteiger partial charge in [-0.2, -0.15) is 4.98 Å². The van der Waals surface area contributed by atoms with Crippen LogP contribution in [0.4, 0.5) is 0 Å². The topological polar surface area (TPSA) is 69.4 Å². The first kappa shape index (κ1) is 13.5. The molecule has 1 fully saturated rings. The normalized spacial score (nSPS) is 20.2. The van der Waals surface area contributed by atoms with Crippen molar-refractivity contribution in [3.63, 3.8) is 0 Å². The molecule has 0 saturated carbocycles. The predicted molar refractivity (Wildman–Crippen MR) is 65.1 cm³/mol. The van der Waals surface area contributed by atoms with Crippen LogP contribution in [0.1, 0.15) is 24.6 Å². The van der Waals surface area contributed by atoms with Gasteiger partial charge in [0.2, 0.25) is 0 Å². The van der Waals surface area contributed by atoms with E-state index in [9.17, 15) is 0 Å². The van der Waals surface area contributed by atoms with Crippen molar-refractivity contribution in [2.45, 2.75) is 25.9 Å². The van der Waals surface area contributed by atoms with Crippen LogP contribution in [0, 0.1) is 5.92 Å². The van der Waals surface area contributed by atoms with Gasteiger partial charge in [0.05, 0.1) is 13.2 Å². The molecule has 1 saturated heterocycles. The van der Waals surface area contributed by atoms with E-state index < -0.39 is 0 Å². The molecule has 2 rings (SSSR count). The number of rotatable bonds is 7. The molecule has 6 nitrogen and oxygen atoms in total. The molecule has 0 bridgehead atoms. The molecular formula is C12H21N3O3. The largest absolute Gasteiger partial charge is 0.382 e. The third kappa shape index (κ3) is 4.36. The molecule has 1 aliphatic heterocycles. The highest BCUT2D eigenvalue weighted by Crippen LogP contribution is 2.14. The van der Waals surface area contributed by atoms with Crippen LogP contribution in [0.25, 0.3) is 0 Å². The summed E-state index contributed by atoms with van der Waals surface area (Å²) in [5, 5.41) is 7.37. The van der Waals surface area contributed by atoms with Gasteiger partial charge in [-0.15, -0.1) is 0 Å². The minimum atomic E-state index is 0.360. The third-order valence-corrected chi connectivity index (χ3v) is 3.04. The van der Waals surface area contributed by atoms with E-state index in [1.54, 1.807) is 7.11 Å². The Hall–Kier alpha value is -0.980. The first-order valence-electron chi connectivity index (χ1n) is 6.47. The lowest BCUT2D eigenvalue weighted by Gasteiger charge is -2.20. The SMILES string of the molecule is COCCOCc1nc(CC2CCCNC2)no1. The van der Waals surface area contributed by atoms with Gasteiger partial charge >= 0.3 is 0 Å². The molecular weight excluding hydrogens is 234 g/mol. The molecule has 102 valence electrons. The minimum Gasteiger partial charge on any atom is -0.382 e. The molecule has 0 amide bonds. The molecule has 0 aliphatic carbocycles. The molecule has 2 heterocycles. The summed E-state index contributed by atoms with van der Waals surface area (Å²) in [7, 11) is 1.65. The van der Waals surface area contributed by atoms with Gasteiger partial charge in [0.1, 0.15) is 6.61 Å². The first-order chi connectivity index (χ1) is 8.88.